The summed E-state index contributed by atoms with van der Waals surface area (Å²) in [6.45, 7) is 0. The number of hydrogen-bond acceptors (Lipinski definition) is 7. The summed E-state index contributed by atoms with van der Waals surface area (Å²) in [4.78, 5) is 18.6. The third kappa shape index (κ3) is 3.65. The predicted octanol–water partition coefficient (Wildman–Crippen LogP) is 5.84. The Morgan fingerprint density at radius 2 is 1.81 bits per heavy atom. The SMILES string of the molecule is O=C1CSC(c2ccccc2O)N1c1cccc(N=Nc2ccc(O)c3ncccc23)c1. The van der Waals surface area contributed by atoms with Gasteiger partial charge in [0, 0.05) is 22.8 Å². The molecule has 4 aromatic rings. The highest BCUT2D eigenvalue weighted by Crippen LogP contribution is 2.45. The van der Waals surface area contributed by atoms with E-state index in [1.165, 1.54) is 17.8 Å². The van der Waals surface area contributed by atoms with Crippen molar-refractivity contribution >= 4 is 45.6 Å². The summed E-state index contributed by atoms with van der Waals surface area (Å²) in [5.41, 5.74) is 2.99. The van der Waals surface area contributed by atoms with Crippen LogP contribution in [0.25, 0.3) is 10.9 Å². The van der Waals surface area contributed by atoms with E-state index in [1.54, 1.807) is 47.5 Å². The minimum atomic E-state index is -0.317. The number of carbonyl (C=O) groups is 1. The van der Waals surface area contributed by atoms with Crippen molar-refractivity contribution in [3.8, 4) is 11.5 Å². The zero-order valence-corrected chi connectivity index (χ0v) is 17.6. The summed E-state index contributed by atoms with van der Waals surface area (Å²) in [7, 11) is 0. The number of carbonyl (C=O) groups excluding carboxylic acids is 1. The molecule has 1 unspecified atom stereocenters. The van der Waals surface area contributed by atoms with E-state index in [9.17, 15) is 15.0 Å². The van der Waals surface area contributed by atoms with Gasteiger partial charge in [-0.05, 0) is 48.5 Å². The largest absolute Gasteiger partial charge is 0.508 e. The van der Waals surface area contributed by atoms with Crippen LogP contribution in [0.15, 0.2) is 89.2 Å². The molecule has 8 heteroatoms. The van der Waals surface area contributed by atoms with Crippen molar-refractivity contribution in [2.45, 2.75) is 5.37 Å². The van der Waals surface area contributed by atoms with E-state index in [2.05, 4.69) is 15.2 Å². The molecule has 2 heterocycles. The Morgan fingerprint density at radius 3 is 2.69 bits per heavy atom. The van der Waals surface area contributed by atoms with E-state index in [0.717, 1.165) is 0 Å². The minimum Gasteiger partial charge on any atom is -0.508 e. The van der Waals surface area contributed by atoms with Gasteiger partial charge in [0.25, 0.3) is 0 Å². The standard InChI is InChI=1S/C24H18N4O3S/c29-20-9-2-1-7-18(20)24-28(22(31)14-32-24)16-6-3-5-15(13-16)26-27-19-10-11-21(30)23-17(19)8-4-12-25-23/h1-13,24,29-30H,14H2. The van der Waals surface area contributed by atoms with Gasteiger partial charge >= 0.3 is 0 Å². The predicted molar refractivity (Wildman–Crippen MR) is 125 cm³/mol. The van der Waals surface area contributed by atoms with E-state index in [-0.39, 0.29) is 22.8 Å². The number of aromatic hydroxyl groups is 2. The molecule has 1 atom stereocenters. The first kappa shape index (κ1) is 20.0. The van der Waals surface area contributed by atoms with Crippen molar-refractivity contribution in [1.29, 1.82) is 0 Å². The van der Waals surface area contributed by atoms with Gasteiger partial charge < -0.3 is 10.2 Å². The van der Waals surface area contributed by atoms with Crippen molar-refractivity contribution in [2.75, 3.05) is 10.7 Å². The lowest BCUT2D eigenvalue weighted by Gasteiger charge is -2.25. The van der Waals surface area contributed by atoms with Crippen molar-refractivity contribution < 1.29 is 15.0 Å². The molecule has 158 valence electrons. The van der Waals surface area contributed by atoms with Crippen LogP contribution in [0.1, 0.15) is 10.9 Å². The third-order valence-electron chi connectivity index (χ3n) is 5.18. The highest BCUT2D eigenvalue weighted by atomic mass is 32.2. The van der Waals surface area contributed by atoms with E-state index >= 15 is 0 Å². The van der Waals surface area contributed by atoms with Crippen LogP contribution < -0.4 is 4.90 Å². The zero-order chi connectivity index (χ0) is 22.1. The quantitative estimate of drug-likeness (QED) is 0.387. The van der Waals surface area contributed by atoms with Gasteiger partial charge in [-0.25, -0.2) is 0 Å². The first-order chi connectivity index (χ1) is 15.6. The van der Waals surface area contributed by atoms with E-state index < -0.39 is 0 Å². The Morgan fingerprint density at radius 1 is 0.938 bits per heavy atom. The maximum atomic E-state index is 12.7. The number of phenolic OH excluding ortho intramolecular Hbond substituents is 2. The van der Waals surface area contributed by atoms with Gasteiger partial charge in [-0.2, -0.15) is 5.11 Å². The molecule has 1 aliphatic rings. The van der Waals surface area contributed by atoms with Crippen LogP contribution in [0.4, 0.5) is 17.1 Å². The van der Waals surface area contributed by atoms with Crippen LogP contribution in [0.2, 0.25) is 0 Å². The zero-order valence-electron chi connectivity index (χ0n) is 16.8. The molecule has 1 amide bonds. The van der Waals surface area contributed by atoms with Crippen LogP contribution >= 0.6 is 11.8 Å². The molecule has 1 saturated heterocycles. The van der Waals surface area contributed by atoms with E-state index in [4.69, 9.17) is 0 Å². The number of azo groups is 1. The summed E-state index contributed by atoms with van der Waals surface area (Å²) in [5.74, 6) is 0.542. The van der Waals surface area contributed by atoms with Crippen LogP contribution in [-0.2, 0) is 4.79 Å². The molecule has 0 saturated carbocycles. The lowest BCUT2D eigenvalue weighted by Crippen LogP contribution is -2.27. The molecular formula is C24H18N4O3S. The summed E-state index contributed by atoms with van der Waals surface area (Å²) < 4.78 is 0. The van der Waals surface area contributed by atoms with Gasteiger partial charge in [-0.1, -0.05) is 24.3 Å². The number of amides is 1. The van der Waals surface area contributed by atoms with Crippen LogP contribution in [0.3, 0.4) is 0 Å². The number of anilines is 1. The Kier molecular flexibility index (Phi) is 5.20. The molecule has 3 aromatic carbocycles. The molecule has 0 radical (unpaired) electrons. The number of thioether (sulfide) groups is 1. The second kappa shape index (κ2) is 8.32. The number of hydrogen-bond donors (Lipinski definition) is 2. The Bertz CT molecular complexity index is 1360. The first-order valence-electron chi connectivity index (χ1n) is 9.92. The maximum absolute atomic E-state index is 12.7. The van der Waals surface area contributed by atoms with Crippen molar-refractivity contribution in [2.24, 2.45) is 10.2 Å². The second-order valence-corrected chi connectivity index (χ2v) is 8.28. The molecule has 7 nitrogen and oxygen atoms in total. The summed E-state index contributed by atoms with van der Waals surface area (Å²) in [5, 5.41) is 29.4. The highest BCUT2D eigenvalue weighted by Gasteiger charge is 2.35. The summed E-state index contributed by atoms with van der Waals surface area (Å²) >= 11 is 1.47. The fourth-order valence-corrected chi connectivity index (χ4v) is 4.88. The molecule has 5 rings (SSSR count). The number of aromatic nitrogens is 1. The highest BCUT2D eigenvalue weighted by molar-refractivity contribution is 8.00. The van der Waals surface area contributed by atoms with Gasteiger partial charge in [0.1, 0.15) is 22.4 Å². The number of benzene rings is 3. The molecule has 1 aliphatic heterocycles. The average molecular weight is 443 g/mol. The average Bonchev–Trinajstić information content (AvgIpc) is 3.20. The molecule has 1 aromatic heterocycles. The lowest BCUT2D eigenvalue weighted by atomic mass is 10.1. The normalized spacial score (nSPS) is 16.3. The molecule has 0 bridgehead atoms. The molecular weight excluding hydrogens is 424 g/mol. The maximum Gasteiger partial charge on any atom is 0.238 e. The smallest absolute Gasteiger partial charge is 0.238 e. The fraction of sp³-hybridized carbons (Fsp3) is 0.0833. The fourth-order valence-electron chi connectivity index (χ4n) is 3.68. The first-order valence-corrected chi connectivity index (χ1v) is 11.0. The van der Waals surface area contributed by atoms with Crippen LogP contribution in [0.5, 0.6) is 11.5 Å². The van der Waals surface area contributed by atoms with Gasteiger partial charge in [-0.3, -0.25) is 14.7 Å². The number of rotatable bonds is 4. The van der Waals surface area contributed by atoms with Crippen molar-refractivity contribution in [3.05, 3.63) is 84.6 Å². The van der Waals surface area contributed by atoms with Gasteiger partial charge in [0.2, 0.25) is 5.91 Å². The Hall–Kier alpha value is -3.91. The van der Waals surface area contributed by atoms with Crippen LogP contribution in [-0.4, -0.2) is 26.9 Å². The number of phenols is 2. The van der Waals surface area contributed by atoms with Gasteiger partial charge in [-0.15, -0.1) is 16.9 Å². The second-order valence-electron chi connectivity index (χ2n) is 7.21. The number of para-hydroxylation sites is 1. The topological polar surface area (TPSA) is 98.4 Å². The Balaban J connectivity index is 1.48. The summed E-state index contributed by atoms with van der Waals surface area (Å²) in [6.07, 6.45) is 1.61. The van der Waals surface area contributed by atoms with Crippen LogP contribution in [0, 0.1) is 0 Å². The molecule has 0 aliphatic carbocycles. The van der Waals surface area contributed by atoms with E-state index in [0.29, 0.717) is 39.3 Å². The minimum absolute atomic E-state index is 0.0343. The summed E-state index contributed by atoms with van der Waals surface area (Å²) in [6, 6.07) is 21.1. The lowest BCUT2D eigenvalue weighted by molar-refractivity contribution is -0.115. The van der Waals surface area contributed by atoms with Crippen molar-refractivity contribution in [1.82, 2.24) is 4.98 Å². The van der Waals surface area contributed by atoms with Crippen molar-refractivity contribution in [3.63, 3.8) is 0 Å². The van der Waals surface area contributed by atoms with Gasteiger partial charge in [0.05, 0.1) is 17.1 Å². The number of fused-ring (bicyclic) bond motifs is 1. The number of nitrogens with zero attached hydrogens (tertiary/aromatic N) is 4. The molecule has 0 spiro atoms. The molecule has 1 fully saturated rings. The molecule has 32 heavy (non-hydrogen) atoms. The number of pyridine rings is 1. The molecule has 2 N–H and O–H groups in total. The monoisotopic (exact) mass is 442 g/mol. The van der Waals surface area contributed by atoms with Gasteiger partial charge in [0.15, 0.2) is 0 Å². The Labute approximate surface area is 188 Å². The third-order valence-corrected chi connectivity index (χ3v) is 6.37. The van der Waals surface area contributed by atoms with E-state index in [1.807, 2.05) is 30.3 Å².